The number of nitro groups is 1. The van der Waals surface area contributed by atoms with E-state index in [1.807, 2.05) is 0 Å². The van der Waals surface area contributed by atoms with E-state index in [0.29, 0.717) is 10.7 Å². The largest absolute Gasteiger partial charge is 0.422 e. The van der Waals surface area contributed by atoms with E-state index >= 15 is 0 Å². The van der Waals surface area contributed by atoms with Crippen molar-refractivity contribution in [2.24, 2.45) is 0 Å². The Hall–Kier alpha value is -2.94. The molecule has 10 heteroatoms. The lowest BCUT2D eigenvalue weighted by Crippen LogP contribution is -1.96. The molecule has 2 N–H and O–H groups in total. The molecule has 0 amide bonds. The first-order valence-electron chi connectivity index (χ1n) is 5.67. The first-order valence-corrected chi connectivity index (χ1v) is 6.05. The van der Waals surface area contributed by atoms with Gasteiger partial charge in [0.05, 0.1) is 4.92 Å². The van der Waals surface area contributed by atoms with Gasteiger partial charge in [-0.15, -0.1) is 15.3 Å². The van der Waals surface area contributed by atoms with Gasteiger partial charge in [0.1, 0.15) is 0 Å². The summed E-state index contributed by atoms with van der Waals surface area (Å²) in [6.45, 7) is 0. The van der Waals surface area contributed by atoms with Crippen LogP contribution in [0.15, 0.2) is 35.1 Å². The Kier molecular flexibility index (Phi) is 3.24. The van der Waals surface area contributed by atoms with Gasteiger partial charge in [0.15, 0.2) is 0 Å². The lowest BCUT2D eigenvalue weighted by Gasteiger charge is -2.02. The first kappa shape index (κ1) is 13.1. The van der Waals surface area contributed by atoms with Crippen molar-refractivity contribution in [3.05, 3.63) is 45.8 Å². The Balaban J connectivity index is 1.99. The summed E-state index contributed by atoms with van der Waals surface area (Å²) in [7, 11) is 0. The van der Waals surface area contributed by atoms with Gasteiger partial charge >= 0.3 is 5.69 Å². The standard InChI is InChI=1S/C11H7ClN6O3/c12-6-1-3-7(4-2-6)14-10-9(18(19)20)8(15-16-10)11-17-13-5-21-11/h1-5H,(H2,14,15,16). The number of benzene rings is 1. The Bertz CT molecular complexity index is 768. The number of hydrogen-bond donors (Lipinski definition) is 2. The zero-order chi connectivity index (χ0) is 14.8. The molecule has 0 radical (unpaired) electrons. The first-order chi connectivity index (χ1) is 10.1. The van der Waals surface area contributed by atoms with E-state index in [9.17, 15) is 10.1 Å². The third-order valence-electron chi connectivity index (χ3n) is 2.60. The van der Waals surface area contributed by atoms with Crippen LogP contribution in [0.1, 0.15) is 0 Å². The molecule has 21 heavy (non-hydrogen) atoms. The highest BCUT2D eigenvalue weighted by Crippen LogP contribution is 2.34. The molecule has 2 heterocycles. The molecule has 0 aliphatic heterocycles. The summed E-state index contributed by atoms with van der Waals surface area (Å²) in [4.78, 5) is 10.7. The van der Waals surface area contributed by atoms with Crippen LogP contribution < -0.4 is 5.32 Å². The number of nitrogens with zero attached hydrogens (tertiary/aromatic N) is 4. The van der Waals surface area contributed by atoms with E-state index in [1.54, 1.807) is 24.3 Å². The average molecular weight is 307 g/mol. The predicted octanol–water partition coefficient (Wildman–Crippen LogP) is 2.76. The van der Waals surface area contributed by atoms with Crippen LogP contribution in [0.3, 0.4) is 0 Å². The van der Waals surface area contributed by atoms with Gasteiger partial charge in [-0.05, 0) is 24.3 Å². The fourth-order valence-electron chi connectivity index (χ4n) is 1.70. The van der Waals surface area contributed by atoms with Gasteiger partial charge in [-0.3, -0.25) is 15.2 Å². The van der Waals surface area contributed by atoms with Crippen molar-refractivity contribution in [1.82, 2.24) is 20.4 Å². The second kappa shape index (κ2) is 5.21. The molecule has 0 atom stereocenters. The molecule has 0 aliphatic rings. The minimum Gasteiger partial charge on any atom is -0.422 e. The minimum atomic E-state index is -0.582. The van der Waals surface area contributed by atoms with Gasteiger partial charge in [-0.25, -0.2) is 0 Å². The van der Waals surface area contributed by atoms with Crippen LogP contribution in [0.25, 0.3) is 11.6 Å². The second-order valence-corrected chi connectivity index (χ2v) is 4.37. The Morgan fingerprint density at radius 3 is 2.71 bits per heavy atom. The Morgan fingerprint density at radius 1 is 1.33 bits per heavy atom. The van der Waals surface area contributed by atoms with Gasteiger partial charge < -0.3 is 9.73 Å². The molecule has 2 aromatic heterocycles. The highest BCUT2D eigenvalue weighted by atomic mass is 35.5. The smallest absolute Gasteiger partial charge is 0.343 e. The van der Waals surface area contributed by atoms with Gasteiger partial charge in [0.25, 0.3) is 5.89 Å². The lowest BCUT2D eigenvalue weighted by molar-refractivity contribution is -0.383. The van der Waals surface area contributed by atoms with Crippen molar-refractivity contribution in [3.8, 4) is 11.6 Å². The topological polar surface area (TPSA) is 123 Å². The van der Waals surface area contributed by atoms with Crippen molar-refractivity contribution < 1.29 is 9.34 Å². The molecule has 3 rings (SSSR count). The van der Waals surface area contributed by atoms with Gasteiger partial charge in [0.2, 0.25) is 17.9 Å². The van der Waals surface area contributed by atoms with Crippen molar-refractivity contribution in [3.63, 3.8) is 0 Å². The summed E-state index contributed by atoms with van der Waals surface area (Å²) >= 11 is 5.78. The molecule has 0 bridgehead atoms. The number of anilines is 2. The Labute approximate surface area is 122 Å². The summed E-state index contributed by atoms with van der Waals surface area (Å²) < 4.78 is 4.95. The van der Waals surface area contributed by atoms with Gasteiger partial charge in [-0.2, -0.15) is 0 Å². The lowest BCUT2D eigenvalue weighted by atomic mass is 10.3. The molecule has 9 nitrogen and oxygen atoms in total. The molecule has 0 saturated carbocycles. The third-order valence-corrected chi connectivity index (χ3v) is 2.86. The van der Waals surface area contributed by atoms with Crippen LogP contribution in [0, 0.1) is 10.1 Å². The maximum Gasteiger partial charge on any atom is 0.343 e. The average Bonchev–Trinajstić information content (AvgIpc) is 3.10. The Morgan fingerprint density at radius 2 is 2.10 bits per heavy atom. The van der Waals surface area contributed by atoms with Crippen LogP contribution in [0.5, 0.6) is 0 Å². The summed E-state index contributed by atoms with van der Waals surface area (Å²) in [5.41, 5.74) is 0.356. The van der Waals surface area contributed by atoms with Crippen molar-refractivity contribution in [2.75, 3.05) is 5.32 Å². The molecule has 0 aliphatic carbocycles. The molecule has 0 fully saturated rings. The summed E-state index contributed by atoms with van der Waals surface area (Å²) in [6, 6.07) is 6.66. The normalized spacial score (nSPS) is 10.5. The molecule has 0 unspecified atom stereocenters. The van der Waals surface area contributed by atoms with Crippen molar-refractivity contribution in [2.45, 2.75) is 0 Å². The monoisotopic (exact) mass is 306 g/mol. The second-order valence-electron chi connectivity index (χ2n) is 3.93. The van der Waals surface area contributed by atoms with Crippen LogP contribution in [-0.4, -0.2) is 25.3 Å². The van der Waals surface area contributed by atoms with Crippen LogP contribution in [0.4, 0.5) is 17.2 Å². The number of aromatic amines is 1. The SMILES string of the molecule is O=[N+]([O-])c1c(Nc2ccc(Cl)cc2)n[nH]c1-c1nnco1. The van der Waals surface area contributed by atoms with Crippen LogP contribution >= 0.6 is 11.6 Å². The van der Waals surface area contributed by atoms with E-state index in [-0.39, 0.29) is 23.1 Å². The highest BCUT2D eigenvalue weighted by Gasteiger charge is 2.28. The molecular formula is C11H7ClN6O3. The molecule has 1 aromatic carbocycles. The number of H-pyrrole nitrogens is 1. The van der Waals surface area contributed by atoms with E-state index < -0.39 is 4.92 Å². The summed E-state index contributed by atoms with van der Waals surface area (Å²) in [5.74, 6) is 0.0221. The summed E-state index contributed by atoms with van der Waals surface area (Å²) in [5, 5.41) is 28.1. The van der Waals surface area contributed by atoms with Crippen molar-refractivity contribution in [1.29, 1.82) is 0 Å². The molecule has 106 valence electrons. The van der Waals surface area contributed by atoms with E-state index in [4.69, 9.17) is 16.0 Å². The zero-order valence-corrected chi connectivity index (χ0v) is 11.0. The predicted molar refractivity (Wildman–Crippen MR) is 73.3 cm³/mol. The molecule has 0 saturated heterocycles. The number of hydrogen-bond acceptors (Lipinski definition) is 7. The van der Waals surface area contributed by atoms with E-state index in [0.717, 1.165) is 6.39 Å². The maximum absolute atomic E-state index is 11.2. The number of halogens is 1. The molecular weight excluding hydrogens is 300 g/mol. The number of nitrogens with one attached hydrogen (secondary N) is 2. The molecule has 0 spiro atoms. The van der Waals surface area contributed by atoms with E-state index in [2.05, 4.69) is 25.7 Å². The van der Waals surface area contributed by atoms with Crippen molar-refractivity contribution >= 4 is 28.8 Å². The van der Waals surface area contributed by atoms with Crippen LogP contribution in [-0.2, 0) is 0 Å². The number of rotatable bonds is 4. The zero-order valence-electron chi connectivity index (χ0n) is 10.3. The molecule has 3 aromatic rings. The van der Waals surface area contributed by atoms with E-state index in [1.165, 1.54) is 0 Å². The number of aromatic nitrogens is 4. The van der Waals surface area contributed by atoms with Gasteiger partial charge in [0, 0.05) is 10.7 Å². The van der Waals surface area contributed by atoms with Crippen LogP contribution in [0.2, 0.25) is 5.02 Å². The fourth-order valence-corrected chi connectivity index (χ4v) is 1.83. The third kappa shape index (κ3) is 2.54. The fraction of sp³-hybridized carbons (Fsp3) is 0. The maximum atomic E-state index is 11.2. The summed E-state index contributed by atoms with van der Waals surface area (Å²) in [6.07, 6.45) is 1.08. The van der Waals surface area contributed by atoms with Gasteiger partial charge in [-0.1, -0.05) is 11.6 Å². The highest BCUT2D eigenvalue weighted by molar-refractivity contribution is 6.30. The quantitative estimate of drug-likeness (QED) is 0.561. The minimum absolute atomic E-state index is 0.0154.